The SMILES string of the molecule is CC(=O)c1cccc(S(=O)(=O)N2NCc3ccc(NC(=O)Cc4ccc(Cl)cc4)cc32)c1. The second-order valence-electron chi connectivity index (χ2n) is 7.38. The fourth-order valence-electron chi connectivity index (χ4n) is 3.41. The predicted octanol–water partition coefficient (Wildman–Crippen LogP) is 3.94. The van der Waals surface area contributed by atoms with Crippen molar-refractivity contribution in [1.29, 1.82) is 0 Å². The molecular formula is C23H20ClN3O4S. The van der Waals surface area contributed by atoms with Crippen molar-refractivity contribution in [3.8, 4) is 0 Å². The predicted molar refractivity (Wildman–Crippen MR) is 123 cm³/mol. The summed E-state index contributed by atoms with van der Waals surface area (Å²) >= 11 is 5.87. The molecule has 0 atom stereocenters. The highest BCUT2D eigenvalue weighted by atomic mass is 35.5. The Kier molecular flexibility index (Phi) is 6.01. The number of rotatable bonds is 6. The molecule has 0 unspecified atom stereocenters. The molecule has 4 rings (SSSR count). The molecule has 0 bridgehead atoms. The van der Waals surface area contributed by atoms with Gasteiger partial charge in [0.05, 0.1) is 17.0 Å². The molecule has 9 heteroatoms. The number of benzene rings is 3. The first-order valence-electron chi connectivity index (χ1n) is 9.81. The number of hydrogen-bond donors (Lipinski definition) is 2. The van der Waals surface area contributed by atoms with Gasteiger partial charge in [-0.05, 0) is 54.4 Å². The van der Waals surface area contributed by atoms with E-state index in [-0.39, 0.29) is 23.0 Å². The van der Waals surface area contributed by atoms with Gasteiger partial charge in [-0.3, -0.25) is 9.59 Å². The van der Waals surface area contributed by atoms with Gasteiger partial charge in [-0.15, -0.1) is 0 Å². The van der Waals surface area contributed by atoms with Gasteiger partial charge in [0, 0.05) is 22.8 Å². The Hall–Kier alpha value is -3.20. The second-order valence-corrected chi connectivity index (χ2v) is 9.61. The van der Waals surface area contributed by atoms with Crippen molar-refractivity contribution >= 4 is 44.7 Å². The van der Waals surface area contributed by atoms with Crippen LogP contribution < -0.4 is 15.2 Å². The van der Waals surface area contributed by atoms with Crippen LogP contribution in [0.3, 0.4) is 0 Å². The summed E-state index contributed by atoms with van der Waals surface area (Å²) in [6.45, 7) is 1.70. The minimum atomic E-state index is -3.96. The van der Waals surface area contributed by atoms with Crippen LogP contribution in [0.25, 0.3) is 0 Å². The molecule has 0 aromatic heterocycles. The van der Waals surface area contributed by atoms with E-state index < -0.39 is 10.0 Å². The van der Waals surface area contributed by atoms with Crippen molar-refractivity contribution in [1.82, 2.24) is 5.43 Å². The number of halogens is 1. The molecule has 164 valence electrons. The molecule has 2 N–H and O–H groups in total. The minimum absolute atomic E-state index is 0.00253. The van der Waals surface area contributed by atoms with Crippen molar-refractivity contribution in [2.75, 3.05) is 9.73 Å². The zero-order valence-electron chi connectivity index (χ0n) is 17.1. The lowest BCUT2D eigenvalue weighted by atomic mass is 10.1. The first kappa shape index (κ1) is 22.0. The minimum Gasteiger partial charge on any atom is -0.326 e. The van der Waals surface area contributed by atoms with Crippen molar-refractivity contribution in [3.05, 3.63) is 88.4 Å². The van der Waals surface area contributed by atoms with Gasteiger partial charge in [-0.1, -0.05) is 41.9 Å². The third-order valence-electron chi connectivity index (χ3n) is 5.06. The van der Waals surface area contributed by atoms with E-state index in [0.717, 1.165) is 15.5 Å². The molecule has 3 aromatic rings. The maximum Gasteiger partial charge on any atom is 0.277 e. The molecule has 1 amide bonds. The van der Waals surface area contributed by atoms with E-state index in [1.54, 1.807) is 48.5 Å². The van der Waals surface area contributed by atoms with Crippen LogP contribution in [-0.4, -0.2) is 20.1 Å². The Balaban J connectivity index is 1.57. The van der Waals surface area contributed by atoms with Crippen molar-refractivity contribution in [3.63, 3.8) is 0 Å². The van der Waals surface area contributed by atoms with Crippen LogP contribution in [-0.2, 0) is 27.8 Å². The Morgan fingerprint density at radius 3 is 2.53 bits per heavy atom. The highest BCUT2D eigenvalue weighted by Gasteiger charge is 2.31. The number of carbonyl (C=O) groups excluding carboxylic acids is 2. The Morgan fingerprint density at radius 1 is 1.06 bits per heavy atom. The van der Waals surface area contributed by atoms with E-state index in [1.165, 1.54) is 25.1 Å². The summed E-state index contributed by atoms with van der Waals surface area (Å²) in [7, 11) is -3.96. The number of hydrogen-bond acceptors (Lipinski definition) is 5. The average molecular weight is 470 g/mol. The third kappa shape index (κ3) is 4.52. The zero-order valence-corrected chi connectivity index (χ0v) is 18.7. The lowest BCUT2D eigenvalue weighted by Gasteiger charge is -2.20. The fourth-order valence-corrected chi connectivity index (χ4v) is 4.94. The molecule has 0 spiro atoms. The molecule has 0 saturated heterocycles. The van der Waals surface area contributed by atoms with Crippen LogP contribution in [0.5, 0.6) is 0 Å². The molecule has 0 fully saturated rings. The lowest BCUT2D eigenvalue weighted by Crippen LogP contribution is -2.38. The highest BCUT2D eigenvalue weighted by molar-refractivity contribution is 7.92. The summed E-state index contributed by atoms with van der Waals surface area (Å²) in [6, 6.07) is 18.0. The molecule has 0 saturated carbocycles. The number of nitrogens with one attached hydrogen (secondary N) is 2. The zero-order chi connectivity index (χ0) is 22.9. The fraction of sp³-hybridized carbons (Fsp3) is 0.130. The summed E-state index contributed by atoms with van der Waals surface area (Å²) in [4.78, 5) is 24.1. The molecule has 3 aromatic carbocycles. The topological polar surface area (TPSA) is 95.6 Å². The Bertz CT molecular complexity index is 1310. The molecule has 0 radical (unpaired) electrons. The summed E-state index contributed by atoms with van der Waals surface area (Å²) in [5, 5.41) is 3.40. The number of fused-ring (bicyclic) bond motifs is 1. The van der Waals surface area contributed by atoms with Crippen molar-refractivity contribution in [2.24, 2.45) is 0 Å². The number of nitrogens with zero attached hydrogens (tertiary/aromatic N) is 1. The van der Waals surface area contributed by atoms with E-state index in [1.807, 2.05) is 0 Å². The molecule has 1 aliphatic rings. The monoisotopic (exact) mass is 469 g/mol. The molecule has 0 aliphatic carbocycles. The van der Waals surface area contributed by atoms with E-state index >= 15 is 0 Å². The van der Waals surface area contributed by atoms with Crippen molar-refractivity contribution in [2.45, 2.75) is 24.8 Å². The second kappa shape index (κ2) is 8.74. The van der Waals surface area contributed by atoms with Gasteiger partial charge < -0.3 is 5.32 Å². The van der Waals surface area contributed by atoms with Gasteiger partial charge in [0.1, 0.15) is 0 Å². The van der Waals surface area contributed by atoms with E-state index in [4.69, 9.17) is 11.6 Å². The number of sulfonamides is 1. The number of anilines is 2. The van der Waals surface area contributed by atoms with Gasteiger partial charge >= 0.3 is 0 Å². The van der Waals surface area contributed by atoms with Crippen LogP contribution in [0.1, 0.15) is 28.4 Å². The molecule has 1 heterocycles. The van der Waals surface area contributed by atoms with Crippen LogP contribution >= 0.6 is 11.6 Å². The van der Waals surface area contributed by atoms with Crippen molar-refractivity contribution < 1.29 is 18.0 Å². The Labute approximate surface area is 191 Å². The summed E-state index contributed by atoms with van der Waals surface area (Å²) in [6.07, 6.45) is 0.159. The summed E-state index contributed by atoms with van der Waals surface area (Å²) in [5.74, 6) is -0.454. The van der Waals surface area contributed by atoms with E-state index in [2.05, 4.69) is 10.7 Å². The van der Waals surface area contributed by atoms with Gasteiger partial charge in [-0.25, -0.2) is 5.43 Å². The number of hydrazine groups is 1. The van der Waals surface area contributed by atoms with Gasteiger partial charge in [0.2, 0.25) is 5.91 Å². The van der Waals surface area contributed by atoms with Crippen LogP contribution in [0.2, 0.25) is 5.02 Å². The lowest BCUT2D eigenvalue weighted by molar-refractivity contribution is -0.115. The molecule has 32 heavy (non-hydrogen) atoms. The van der Waals surface area contributed by atoms with Crippen LogP contribution in [0.4, 0.5) is 11.4 Å². The Morgan fingerprint density at radius 2 is 1.81 bits per heavy atom. The molecule has 1 aliphatic heterocycles. The van der Waals surface area contributed by atoms with E-state index in [0.29, 0.717) is 28.5 Å². The molecular weight excluding hydrogens is 450 g/mol. The van der Waals surface area contributed by atoms with Crippen LogP contribution in [0.15, 0.2) is 71.6 Å². The third-order valence-corrected chi connectivity index (χ3v) is 6.97. The maximum atomic E-state index is 13.2. The maximum absolute atomic E-state index is 13.2. The summed E-state index contributed by atoms with van der Waals surface area (Å²) < 4.78 is 27.5. The number of carbonyl (C=O) groups is 2. The van der Waals surface area contributed by atoms with E-state index in [9.17, 15) is 18.0 Å². The number of ketones is 1. The van der Waals surface area contributed by atoms with Crippen LogP contribution in [0, 0.1) is 0 Å². The number of Topliss-reactive ketones (excluding diaryl/α,β-unsaturated/α-hetero) is 1. The quantitative estimate of drug-likeness (QED) is 0.533. The standard InChI is InChI=1S/C23H20ClN3O4S/c1-15(28)17-3-2-4-21(12-17)32(30,31)27-22-13-20(10-7-18(22)14-25-27)26-23(29)11-16-5-8-19(24)9-6-16/h2-10,12-13,25H,11,14H2,1H3,(H,26,29). The first-order chi connectivity index (χ1) is 15.2. The normalized spacial score (nSPS) is 13.0. The van der Waals surface area contributed by atoms with Gasteiger partial charge in [0.25, 0.3) is 10.0 Å². The summed E-state index contributed by atoms with van der Waals surface area (Å²) in [5.41, 5.74) is 5.66. The van der Waals surface area contributed by atoms with Gasteiger partial charge in [0.15, 0.2) is 5.78 Å². The first-order valence-corrected chi connectivity index (χ1v) is 11.6. The average Bonchev–Trinajstić information content (AvgIpc) is 3.19. The number of amides is 1. The molecule has 7 nitrogen and oxygen atoms in total. The van der Waals surface area contributed by atoms with Gasteiger partial charge in [-0.2, -0.15) is 12.8 Å². The highest BCUT2D eigenvalue weighted by Crippen LogP contribution is 2.33. The smallest absolute Gasteiger partial charge is 0.277 e. The largest absolute Gasteiger partial charge is 0.326 e.